The second-order valence-electron chi connectivity index (χ2n) is 7.03. The van der Waals surface area contributed by atoms with Crippen molar-refractivity contribution in [3.8, 4) is 0 Å². The summed E-state index contributed by atoms with van der Waals surface area (Å²) >= 11 is 0. The first-order valence-corrected chi connectivity index (χ1v) is 6.83. The van der Waals surface area contributed by atoms with E-state index in [4.69, 9.17) is 0 Å². The van der Waals surface area contributed by atoms with Crippen LogP contribution in [-0.2, 0) is 10.8 Å². The normalized spacial score (nSPS) is 25.3. The molecule has 0 aromatic heterocycles. The van der Waals surface area contributed by atoms with E-state index < -0.39 is 0 Å². The summed E-state index contributed by atoms with van der Waals surface area (Å²) in [6, 6.07) is 4.32. The van der Waals surface area contributed by atoms with E-state index in [1.165, 1.54) is 16.7 Å². The highest BCUT2D eigenvalue weighted by atomic mass is 16.1. The Kier molecular flexibility index (Phi) is 2.92. The van der Waals surface area contributed by atoms with Gasteiger partial charge in [-0.05, 0) is 47.3 Å². The molecule has 0 N–H and O–H groups in total. The van der Waals surface area contributed by atoms with E-state index in [0.717, 1.165) is 18.3 Å². The molecule has 1 atom stereocenters. The van der Waals surface area contributed by atoms with Gasteiger partial charge in [0.25, 0.3) is 0 Å². The van der Waals surface area contributed by atoms with E-state index in [-0.39, 0.29) is 10.8 Å². The van der Waals surface area contributed by atoms with Gasteiger partial charge in [0, 0.05) is 5.56 Å². The molecule has 1 aromatic carbocycles. The van der Waals surface area contributed by atoms with Crippen molar-refractivity contribution in [2.24, 2.45) is 5.92 Å². The molecule has 0 radical (unpaired) electrons. The molecule has 1 nitrogen and oxygen atoms in total. The van der Waals surface area contributed by atoms with Gasteiger partial charge in [-0.2, -0.15) is 0 Å². The molecule has 1 heteroatoms. The molecular formula is C17H24O. The summed E-state index contributed by atoms with van der Waals surface area (Å²) in [6.45, 7) is 13.5. The molecule has 0 heterocycles. The van der Waals surface area contributed by atoms with Crippen LogP contribution in [0.5, 0.6) is 0 Å². The molecule has 0 amide bonds. The molecule has 0 bridgehead atoms. The van der Waals surface area contributed by atoms with E-state index >= 15 is 0 Å². The number of benzene rings is 1. The zero-order valence-corrected chi connectivity index (χ0v) is 12.4. The topological polar surface area (TPSA) is 17.1 Å². The molecule has 0 saturated heterocycles. The Morgan fingerprint density at radius 3 is 2.33 bits per heavy atom. The van der Waals surface area contributed by atoms with Gasteiger partial charge >= 0.3 is 0 Å². The average Bonchev–Trinajstić information content (AvgIpc) is 2.46. The van der Waals surface area contributed by atoms with Crippen LogP contribution < -0.4 is 0 Å². The quantitative estimate of drug-likeness (QED) is 0.705. The van der Waals surface area contributed by atoms with Gasteiger partial charge in [0.05, 0.1) is 0 Å². The molecule has 98 valence electrons. The van der Waals surface area contributed by atoms with Crippen LogP contribution in [0.2, 0.25) is 0 Å². The standard InChI is InChI=1S/C17H24O/c1-11(2)17(6)10-16(4,5)15-13(9-18)7-12(3)8-14(15)17/h7-9,11H,10H2,1-6H3. The molecule has 2 rings (SSSR count). The molecule has 1 aliphatic rings. The summed E-state index contributed by atoms with van der Waals surface area (Å²) in [5, 5.41) is 0. The van der Waals surface area contributed by atoms with E-state index in [1.807, 2.05) is 6.07 Å². The lowest BCUT2D eigenvalue weighted by Gasteiger charge is -2.32. The van der Waals surface area contributed by atoms with Gasteiger partial charge in [-0.1, -0.05) is 46.2 Å². The van der Waals surface area contributed by atoms with Gasteiger partial charge in [0.1, 0.15) is 6.29 Å². The Morgan fingerprint density at radius 1 is 1.22 bits per heavy atom. The molecular weight excluding hydrogens is 220 g/mol. The summed E-state index contributed by atoms with van der Waals surface area (Å²) in [4.78, 5) is 11.4. The lowest BCUT2D eigenvalue weighted by molar-refractivity contribution is 0.112. The minimum Gasteiger partial charge on any atom is -0.298 e. The van der Waals surface area contributed by atoms with Crippen LogP contribution in [0.15, 0.2) is 12.1 Å². The minimum atomic E-state index is 0.0955. The van der Waals surface area contributed by atoms with Gasteiger partial charge in [-0.3, -0.25) is 4.79 Å². The van der Waals surface area contributed by atoms with E-state index in [1.54, 1.807) is 0 Å². The fraction of sp³-hybridized carbons (Fsp3) is 0.588. The smallest absolute Gasteiger partial charge is 0.150 e. The first-order chi connectivity index (χ1) is 8.22. The van der Waals surface area contributed by atoms with Crippen LogP contribution in [0, 0.1) is 12.8 Å². The lowest BCUT2D eigenvalue weighted by atomic mass is 9.72. The van der Waals surface area contributed by atoms with Crippen molar-refractivity contribution in [1.29, 1.82) is 0 Å². The second kappa shape index (κ2) is 3.94. The molecule has 18 heavy (non-hydrogen) atoms. The third kappa shape index (κ3) is 1.72. The van der Waals surface area contributed by atoms with Crippen molar-refractivity contribution in [3.63, 3.8) is 0 Å². The summed E-state index contributed by atoms with van der Waals surface area (Å²) in [6.07, 6.45) is 2.15. The van der Waals surface area contributed by atoms with Gasteiger partial charge < -0.3 is 0 Å². The number of fused-ring (bicyclic) bond motifs is 1. The zero-order chi connectivity index (χ0) is 13.7. The third-order valence-electron chi connectivity index (χ3n) is 4.82. The van der Waals surface area contributed by atoms with Crippen molar-refractivity contribution in [1.82, 2.24) is 0 Å². The second-order valence-corrected chi connectivity index (χ2v) is 7.03. The average molecular weight is 244 g/mol. The molecule has 0 aliphatic heterocycles. The number of hydrogen-bond donors (Lipinski definition) is 0. The molecule has 1 unspecified atom stereocenters. The predicted molar refractivity (Wildman–Crippen MR) is 76.4 cm³/mol. The first kappa shape index (κ1) is 13.3. The van der Waals surface area contributed by atoms with Crippen LogP contribution in [0.25, 0.3) is 0 Å². The molecule has 0 fully saturated rings. The maximum absolute atomic E-state index is 11.4. The van der Waals surface area contributed by atoms with Crippen LogP contribution in [0.4, 0.5) is 0 Å². The Labute approximate surface area is 111 Å². The van der Waals surface area contributed by atoms with Gasteiger partial charge in [-0.25, -0.2) is 0 Å². The minimum absolute atomic E-state index is 0.0955. The fourth-order valence-electron chi connectivity index (χ4n) is 3.73. The van der Waals surface area contributed by atoms with Crippen LogP contribution in [-0.4, -0.2) is 6.29 Å². The largest absolute Gasteiger partial charge is 0.298 e. The van der Waals surface area contributed by atoms with Crippen molar-refractivity contribution in [2.75, 3.05) is 0 Å². The molecule has 1 aromatic rings. The Hall–Kier alpha value is -1.11. The monoisotopic (exact) mass is 244 g/mol. The van der Waals surface area contributed by atoms with Crippen LogP contribution in [0.3, 0.4) is 0 Å². The van der Waals surface area contributed by atoms with Crippen molar-refractivity contribution in [3.05, 3.63) is 34.4 Å². The maximum Gasteiger partial charge on any atom is 0.150 e. The zero-order valence-electron chi connectivity index (χ0n) is 12.4. The summed E-state index contributed by atoms with van der Waals surface area (Å²) in [7, 11) is 0. The van der Waals surface area contributed by atoms with Crippen LogP contribution >= 0.6 is 0 Å². The maximum atomic E-state index is 11.4. The van der Waals surface area contributed by atoms with Gasteiger partial charge in [-0.15, -0.1) is 0 Å². The summed E-state index contributed by atoms with van der Waals surface area (Å²) in [5.74, 6) is 0.583. The SMILES string of the molecule is Cc1cc(C=O)c2c(c1)C(C)(C(C)C)CC2(C)C. The summed E-state index contributed by atoms with van der Waals surface area (Å²) < 4.78 is 0. The molecule has 0 spiro atoms. The van der Waals surface area contributed by atoms with E-state index in [0.29, 0.717) is 5.92 Å². The van der Waals surface area contributed by atoms with Gasteiger partial charge in [0.2, 0.25) is 0 Å². The number of hydrogen-bond acceptors (Lipinski definition) is 1. The number of rotatable bonds is 2. The van der Waals surface area contributed by atoms with Crippen LogP contribution in [0.1, 0.15) is 68.1 Å². The number of carbonyl (C=O) groups excluding carboxylic acids is 1. The Bertz CT molecular complexity index is 497. The molecule has 0 saturated carbocycles. The number of aryl methyl sites for hydroxylation is 1. The first-order valence-electron chi connectivity index (χ1n) is 6.83. The summed E-state index contributed by atoms with van der Waals surface area (Å²) in [5.41, 5.74) is 5.03. The number of carbonyl (C=O) groups is 1. The van der Waals surface area contributed by atoms with E-state index in [9.17, 15) is 4.79 Å². The highest BCUT2D eigenvalue weighted by molar-refractivity contribution is 5.80. The highest BCUT2D eigenvalue weighted by Gasteiger charge is 2.47. The van der Waals surface area contributed by atoms with Crippen molar-refractivity contribution < 1.29 is 4.79 Å². The van der Waals surface area contributed by atoms with E-state index in [2.05, 4.69) is 47.6 Å². The van der Waals surface area contributed by atoms with Gasteiger partial charge in [0.15, 0.2) is 0 Å². The fourth-order valence-corrected chi connectivity index (χ4v) is 3.73. The lowest BCUT2D eigenvalue weighted by Crippen LogP contribution is -2.27. The molecule has 1 aliphatic carbocycles. The van der Waals surface area contributed by atoms with Crippen molar-refractivity contribution >= 4 is 6.29 Å². The van der Waals surface area contributed by atoms with Crippen molar-refractivity contribution in [2.45, 2.75) is 58.8 Å². The third-order valence-corrected chi connectivity index (χ3v) is 4.82. The predicted octanol–water partition coefficient (Wildman–Crippen LogP) is 4.40. The Morgan fingerprint density at radius 2 is 1.83 bits per heavy atom. The Balaban J connectivity index is 2.79. The number of aldehydes is 1. The highest BCUT2D eigenvalue weighted by Crippen LogP contribution is 2.53.